The van der Waals surface area contributed by atoms with E-state index < -0.39 is 0 Å². The van der Waals surface area contributed by atoms with Crippen molar-refractivity contribution in [1.29, 1.82) is 0 Å². The molecular formula is C33H38N4O2. The lowest BCUT2D eigenvalue weighted by Crippen LogP contribution is -2.08. The molecule has 0 saturated carbocycles. The highest BCUT2D eigenvalue weighted by molar-refractivity contribution is 5.82. The first-order valence-corrected chi connectivity index (χ1v) is 13.4. The Balaban J connectivity index is 1.59. The Morgan fingerprint density at radius 1 is 0.821 bits per heavy atom. The first kappa shape index (κ1) is 27.7. The van der Waals surface area contributed by atoms with Crippen LogP contribution in [0.3, 0.4) is 0 Å². The van der Waals surface area contributed by atoms with Crippen LogP contribution in [0.2, 0.25) is 0 Å². The maximum atomic E-state index is 11.7. The van der Waals surface area contributed by atoms with Crippen molar-refractivity contribution in [3.8, 4) is 33.9 Å². The number of rotatable bonds is 11. The third-order valence-electron chi connectivity index (χ3n) is 6.60. The van der Waals surface area contributed by atoms with Gasteiger partial charge in [-0.2, -0.15) is 0 Å². The van der Waals surface area contributed by atoms with Crippen LogP contribution in [0.1, 0.15) is 31.7 Å². The molecule has 0 fully saturated rings. The number of aromatic nitrogens is 2. The number of benzene rings is 3. The van der Waals surface area contributed by atoms with E-state index in [9.17, 15) is 4.79 Å². The van der Waals surface area contributed by atoms with Crippen molar-refractivity contribution >= 4 is 23.4 Å². The van der Waals surface area contributed by atoms with Crippen LogP contribution in [0.4, 0.5) is 11.4 Å². The molecule has 1 N–H and O–H groups in total. The van der Waals surface area contributed by atoms with Crippen LogP contribution < -0.4 is 9.80 Å². The number of esters is 1. The van der Waals surface area contributed by atoms with Gasteiger partial charge >= 0.3 is 5.97 Å². The van der Waals surface area contributed by atoms with E-state index in [1.165, 1.54) is 0 Å². The number of carbonyl (C=O) groups excluding carboxylic acids is 1. The summed E-state index contributed by atoms with van der Waals surface area (Å²) in [4.78, 5) is 24.5. The van der Waals surface area contributed by atoms with Gasteiger partial charge in [0, 0.05) is 62.7 Å². The summed E-state index contributed by atoms with van der Waals surface area (Å²) < 4.78 is 5.25. The van der Waals surface area contributed by atoms with Gasteiger partial charge in [0.1, 0.15) is 12.4 Å². The Labute approximate surface area is 232 Å². The Bertz CT molecular complexity index is 1310. The van der Waals surface area contributed by atoms with Gasteiger partial charge in [-0.25, -0.2) is 4.98 Å². The molecule has 0 unspecified atom stereocenters. The molecule has 0 aliphatic heterocycles. The van der Waals surface area contributed by atoms with Crippen molar-refractivity contribution in [3.63, 3.8) is 0 Å². The monoisotopic (exact) mass is 522 g/mol. The van der Waals surface area contributed by atoms with E-state index in [-0.39, 0.29) is 12.6 Å². The van der Waals surface area contributed by atoms with Gasteiger partial charge < -0.3 is 19.5 Å². The van der Waals surface area contributed by atoms with E-state index in [2.05, 4.69) is 82.4 Å². The first-order valence-electron chi connectivity index (χ1n) is 13.4. The zero-order valence-corrected chi connectivity index (χ0v) is 23.6. The molecule has 0 aliphatic rings. The number of nitrogens with zero attached hydrogens (tertiary/aromatic N) is 3. The van der Waals surface area contributed by atoms with E-state index >= 15 is 0 Å². The van der Waals surface area contributed by atoms with Crippen molar-refractivity contribution in [2.45, 2.75) is 26.2 Å². The molecule has 39 heavy (non-hydrogen) atoms. The molecule has 6 heteroatoms. The summed E-state index contributed by atoms with van der Waals surface area (Å²) in [5.74, 6) is 0.669. The molecule has 0 aliphatic carbocycles. The topological polar surface area (TPSA) is 61.5 Å². The maximum absolute atomic E-state index is 11.7. The van der Waals surface area contributed by atoms with E-state index in [1.54, 1.807) is 0 Å². The molecule has 0 saturated heterocycles. The van der Waals surface area contributed by atoms with Crippen molar-refractivity contribution in [1.82, 2.24) is 9.97 Å². The van der Waals surface area contributed by atoms with Crippen LogP contribution in [-0.2, 0) is 9.53 Å². The standard InChI is InChI=1S/C33H38N4O2/c1-6-7-10-30(38)39-23-8-9-24-11-13-27(14-12-24)33-34-31(25-15-19-28(20-16-25)36(2)3)32(35-33)26-17-21-29(22-18-26)37(4)5/h8-9,11-22H,6-7,10,23H2,1-5H3,(H,34,35)/b9-8+. The molecule has 1 heterocycles. The second kappa shape index (κ2) is 13.0. The molecule has 4 aromatic rings. The fourth-order valence-corrected chi connectivity index (χ4v) is 4.24. The summed E-state index contributed by atoms with van der Waals surface area (Å²) in [6, 6.07) is 25.2. The number of carbonyl (C=O) groups is 1. The Morgan fingerprint density at radius 2 is 1.38 bits per heavy atom. The number of nitrogens with one attached hydrogen (secondary N) is 1. The normalized spacial score (nSPS) is 11.1. The molecular weight excluding hydrogens is 484 g/mol. The van der Waals surface area contributed by atoms with Crippen LogP contribution >= 0.6 is 0 Å². The van der Waals surface area contributed by atoms with Gasteiger partial charge in [-0.3, -0.25) is 4.79 Å². The molecule has 0 bridgehead atoms. The fourth-order valence-electron chi connectivity index (χ4n) is 4.24. The molecule has 202 valence electrons. The van der Waals surface area contributed by atoms with Gasteiger partial charge in [-0.1, -0.05) is 68.0 Å². The lowest BCUT2D eigenvalue weighted by molar-refractivity contribution is -0.142. The Hall–Kier alpha value is -4.32. The minimum atomic E-state index is -0.144. The molecule has 4 rings (SSSR count). The van der Waals surface area contributed by atoms with Gasteiger partial charge in [-0.05, 0) is 42.3 Å². The quantitative estimate of drug-likeness (QED) is 0.210. The van der Waals surface area contributed by atoms with Gasteiger partial charge in [0.2, 0.25) is 0 Å². The summed E-state index contributed by atoms with van der Waals surface area (Å²) in [6.45, 7) is 2.35. The van der Waals surface area contributed by atoms with Gasteiger partial charge in [0.25, 0.3) is 0 Å². The largest absolute Gasteiger partial charge is 0.461 e. The number of hydrogen-bond donors (Lipinski definition) is 1. The molecule has 0 amide bonds. The summed E-state index contributed by atoms with van der Waals surface area (Å²) in [5.41, 5.74) is 8.38. The molecule has 1 aromatic heterocycles. The van der Waals surface area contributed by atoms with Gasteiger partial charge in [0.15, 0.2) is 0 Å². The van der Waals surface area contributed by atoms with E-state index in [0.29, 0.717) is 6.42 Å². The number of aromatic amines is 1. The Morgan fingerprint density at radius 3 is 1.95 bits per heavy atom. The number of unbranched alkanes of at least 4 members (excludes halogenated alkanes) is 1. The minimum absolute atomic E-state index is 0.144. The average Bonchev–Trinajstić information content (AvgIpc) is 3.40. The first-order chi connectivity index (χ1) is 18.9. The van der Waals surface area contributed by atoms with Crippen LogP contribution in [-0.4, -0.2) is 50.7 Å². The number of hydrogen-bond acceptors (Lipinski definition) is 5. The van der Waals surface area contributed by atoms with E-state index in [4.69, 9.17) is 9.72 Å². The van der Waals surface area contributed by atoms with Gasteiger partial charge in [-0.15, -0.1) is 0 Å². The maximum Gasteiger partial charge on any atom is 0.306 e. The summed E-state index contributed by atoms with van der Waals surface area (Å²) in [6.07, 6.45) is 6.17. The van der Waals surface area contributed by atoms with Crippen LogP contribution in [0.15, 0.2) is 78.9 Å². The highest BCUT2D eigenvalue weighted by Crippen LogP contribution is 2.34. The predicted molar refractivity (Wildman–Crippen MR) is 163 cm³/mol. The van der Waals surface area contributed by atoms with Crippen molar-refractivity contribution in [2.24, 2.45) is 0 Å². The SMILES string of the molecule is CCCCC(=O)OC/C=C/c1ccc(-c2nc(-c3ccc(N(C)C)cc3)c(-c3ccc(N(C)C)cc3)[nH]2)cc1. The van der Waals surface area contributed by atoms with E-state index in [1.807, 2.05) is 52.5 Å². The second-order valence-corrected chi connectivity index (χ2v) is 10.0. The molecule has 6 nitrogen and oxygen atoms in total. The van der Waals surface area contributed by atoms with Gasteiger partial charge in [0.05, 0.1) is 11.4 Å². The average molecular weight is 523 g/mol. The smallest absolute Gasteiger partial charge is 0.306 e. The molecule has 0 radical (unpaired) electrons. The Kier molecular flexibility index (Phi) is 9.21. The number of ether oxygens (including phenoxy) is 1. The van der Waals surface area contributed by atoms with Crippen LogP contribution in [0, 0.1) is 0 Å². The molecule has 3 aromatic carbocycles. The molecule has 0 atom stereocenters. The van der Waals surface area contributed by atoms with Crippen LogP contribution in [0.5, 0.6) is 0 Å². The lowest BCUT2D eigenvalue weighted by Gasteiger charge is -2.13. The number of anilines is 2. The number of H-pyrrole nitrogens is 1. The highest BCUT2D eigenvalue weighted by atomic mass is 16.5. The molecule has 0 spiro atoms. The van der Waals surface area contributed by atoms with Crippen molar-refractivity contribution in [3.05, 3.63) is 84.4 Å². The third-order valence-corrected chi connectivity index (χ3v) is 6.60. The van der Waals surface area contributed by atoms with Crippen molar-refractivity contribution in [2.75, 3.05) is 44.6 Å². The highest BCUT2D eigenvalue weighted by Gasteiger charge is 2.16. The second-order valence-electron chi connectivity index (χ2n) is 10.0. The van der Waals surface area contributed by atoms with Crippen molar-refractivity contribution < 1.29 is 9.53 Å². The van der Waals surface area contributed by atoms with Crippen LogP contribution in [0.25, 0.3) is 40.0 Å². The van der Waals surface area contributed by atoms with E-state index in [0.717, 1.165) is 63.7 Å². The summed E-state index contributed by atoms with van der Waals surface area (Å²) >= 11 is 0. The minimum Gasteiger partial charge on any atom is -0.461 e. The predicted octanol–water partition coefficient (Wildman–Crippen LogP) is 7.29. The zero-order chi connectivity index (χ0) is 27.8. The summed E-state index contributed by atoms with van der Waals surface area (Å²) in [7, 11) is 8.16. The number of imidazole rings is 1. The lowest BCUT2D eigenvalue weighted by atomic mass is 10.0. The third kappa shape index (κ3) is 7.17. The fraction of sp³-hybridized carbons (Fsp3) is 0.273. The zero-order valence-electron chi connectivity index (χ0n) is 23.6. The summed E-state index contributed by atoms with van der Waals surface area (Å²) in [5, 5.41) is 0.